The summed E-state index contributed by atoms with van der Waals surface area (Å²) in [5, 5.41) is 1.93. The van der Waals surface area contributed by atoms with Gasteiger partial charge in [-0.1, -0.05) is 36.7 Å². The zero-order valence-electron chi connectivity index (χ0n) is 18.3. The van der Waals surface area contributed by atoms with Gasteiger partial charge < -0.3 is 10.1 Å². The maximum Gasteiger partial charge on any atom is 0.314 e. The number of carbonyl (C=O) groups is 1. The zero-order chi connectivity index (χ0) is 20.2. The summed E-state index contributed by atoms with van der Waals surface area (Å²) in [5.41, 5.74) is 0.111. The van der Waals surface area contributed by atoms with Crippen molar-refractivity contribution < 1.29 is 21.9 Å². The van der Waals surface area contributed by atoms with Crippen molar-refractivity contribution in [2.75, 3.05) is 13.6 Å². The van der Waals surface area contributed by atoms with E-state index >= 15 is 0 Å². The van der Waals surface area contributed by atoms with Gasteiger partial charge in [-0.2, -0.15) is 0 Å². The number of hydrogen-bond acceptors (Lipinski definition) is 3. The van der Waals surface area contributed by atoms with E-state index in [-0.39, 0.29) is 5.56 Å². The van der Waals surface area contributed by atoms with Gasteiger partial charge in [0.15, 0.2) is 0 Å². The number of esters is 1. The van der Waals surface area contributed by atoms with Crippen molar-refractivity contribution in [1.29, 1.82) is 0 Å². The van der Waals surface area contributed by atoms with Gasteiger partial charge in [-0.15, -0.1) is 0 Å². The molecule has 17 heavy (non-hydrogen) atoms. The lowest BCUT2D eigenvalue weighted by atomic mass is 9.86. The van der Waals surface area contributed by atoms with Gasteiger partial charge in [0.2, 0.25) is 0 Å². The predicted molar refractivity (Wildman–Crippen MR) is 66.8 cm³/mol. The number of hydrogen-bond donors (Lipinski definition) is 1. The molecule has 1 aromatic rings. The molecule has 1 fully saturated rings. The van der Waals surface area contributed by atoms with Crippen molar-refractivity contribution in [3.63, 3.8) is 0 Å². The lowest BCUT2D eigenvalue weighted by Crippen LogP contribution is -2.42. The molecule has 2 atom stereocenters. The Morgan fingerprint density at radius 1 is 1.53 bits per heavy atom. The number of benzene rings is 1. The fraction of sp³-hybridized carbons (Fsp3) is 0.500. The van der Waals surface area contributed by atoms with Crippen LogP contribution in [0, 0.1) is 0 Å². The minimum absolute atomic E-state index is 0.111. The minimum atomic E-state index is -3.43. The van der Waals surface area contributed by atoms with Crippen molar-refractivity contribution in [1.82, 2.24) is 5.32 Å². The Bertz CT molecular complexity index is 695. The van der Waals surface area contributed by atoms with Crippen LogP contribution in [0.15, 0.2) is 30.3 Å². The summed E-state index contributed by atoms with van der Waals surface area (Å²) in [6.07, 6.45) is -10.0. The van der Waals surface area contributed by atoms with Crippen LogP contribution < -0.4 is 5.32 Å². The minimum Gasteiger partial charge on any atom is -0.469 e. The molecule has 0 aromatic heterocycles. The topological polar surface area (TPSA) is 38.3 Å². The van der Waals surface area contributed by atoms with Gasteiger partial charge in [0.05, 0.1) is 13.0 Å². The summed E-state index contributed by atoms with van der Waals surface area (Å²) in [6.45, 7) is -3.13. The Hall–Kier alpha value is -1.35. The van der Waals surface area contributed by atoms with Crippen LogP contribution in [-0.2, 0) is 9.53 Å². The third-order valence-corrected chi connectivity index (χ3v) is 2.38. The van der Waals surface area contributed by atoms with Crippen LogP contribution in [0.25, 0.3) is 0 Å². The Morgan fingerprint density at radius 3 is 3.00 bits per heavy atom. The summed E-state index contributed by atoms with van der Waals surface area (Å²) in [5.74, 6) is -2.82. The normalized spacial score (nSPS) is 45.8. The number of methoxy groups -OCH3 is 1. The molecule has 0 bridgehead atoms. The Kier molecular flexibility index (Phi) is 1.75. The molecule has 2 rings (SSSR count). The number of rotatable bonds is 3. The average molecular weight is 242 g/mol. The highest BCUT2D eigenvalue weighted by molar-refractivity contribution is 5.79. The van der Waals surface area contributed by atoms with Gasteiger partial charge in [-0.3, -0.25) is 4.79 Å². The van der Waals surface area contributed by atoms with E-state index < -0.39 is 43.5 Å². The van der Waals surface area contributed by atoms with Gasteiger partial charge in [0.25, 0.3) is 0 Å². The summed E-state index contributed by atoms with van der Waals surface area (Å²) < 4.78 is 76.9. The van der Waals surface area contributed by atoms with E-state index in [0.717, 1.165) is 7.11 Å². The van der Waals surface area contributed by atoms with Crippen molar-refractivity contribution in [2.45, 2.75) is 31.1 Å². The Balaban J connectivity index is 2.76. The molecule has 0 amide bonds. The Morgan fingerprint density at radius 2 is 2.29 bits per heavy atom. The summed E-state index contributed by atoms with van der Waals surface area (Å²) >= 11 is 0. The van der Waals surface area contributed by atoms with Gasteiger partial charge in [0.1, 0.15) is 0 Å². The first-order valence-electron chi connectivity index (χ1n) is 9.59. The molecule has 0 radical (unpaired) electrons. The van der Waals surface area contributed by atoms with Gasteiger partial charge >= 0.3 is 5.97 Å². The molecule has 3 heteroatoms. The second-order valence-corrected chi connectivity index (χ2v) is 3.41. The number of nitrogens with one attached hydrogen (secondary N) is 1. The highest BCUT2D eigenvalue weighted by atomic mass is 16.5. The van der Waals surface area contributed by atoms with Crippen LogP contribution in [0.1, 0.15) is 42.9 Å². The maximum absolute atomic E-state index is 12.4. The Labute approximate surface area is 115 Å². The smallest absolute Gasteiger partial charge is 0.314 e. The van der Waals surface area contributed by atoms with E-state index in [1.54, 1.807) is 6.07 Å². The molecule has 0 spiro atoms. The standard InChI is InChI=1S/C14H19NO2/c1-17-14(16)13(11-7-3-2-4-8-11)12-9-5-6-10-15-12/h2-4,7-8,12-13,15H,5-6,9-10H2,1H3/t12-,13+/m1/s1/i5D2,6D2,9D2,10D2,12D. The third-order valence-electron chi connectivity index (χ3n) is 2.38. The van der Waals surface area contributed by atoms with Crippen molar-refractivity contribution in [3.8, 4) is 0 Å². The van der Waals surface area contributed by atoms with Crippen LogP contribution in [0.5, 0.6) is 0 Å². The second-order valence-electron chi connectivity index (χ2n) is 3.41. The average Bonchev–Trinajstić information content (AvgIpc) is 2.53. The molecule has 1 heterocycles. The van der Waals surface area contributed by atoms with Crippen molar-refractivity contribution >= 4 is 5.97 Å². The predicted octanol–water partition coefficient (Wildman–Crippen LogP) is 2.09. The van der Waals surface area contributed by atoms with Gasteiger partial charge in [0, 0.05) is 18.4 Å². The van der Waals surface area contributed by atoms with Crippen molar-refractivity contribution in [2.24, 2.45) is 0 Å². The first kappa shape index (κ1) is 5.11. The lowest BCUT2D eigenvalue weighted by molar-refractivity contribution is -0.143. The van der Waals surface area contributed by atoms with Crippen LogP contribution in [0.2, 0.25) is 0 Å². The van der Waals surface area contributed by atoms with Crippen LogP contribution in [0.4, 0.5) is 0 Å². The highest BCUT2D eigenvalue weighted by Gasteiger charge is 2.31. The van der Waals surface area contributed by atoms with Gasteiger partial charge in [-0.25, -0.2) is 0 Å². The molecule has 0 aliphatic carbocycles. The molecule has 0 unspecified atom stereocenters. The van der Waals surface area contributed by atoms with Crippen molar-refractivity contribution in [3.05, 3.63) is 35.9 Å². The molecular weight excluding hydrogens is 214 g/mol. The number of ether oxygens (including phenoxy) is 1. The molecule has 1 N–H and O–H groups in total. The zero-order valence-corrected chi connectivity index (χ0v) is 9.28. The largest absolute Gasteiger partial charge is 0.469 e. The third kappa shape index (κ3) is 2.86. The van der Waals surface area contributed by atoms with E-state index in [2.05, 4.69) is 4.74 Å². The van der Waals surface area contributed by atoms with Crippen LogP contribution in [-0.4, -0.2) is 25.6 Å². The second kappa shape index (κ2) is 5.82. The molecule has 1 aromatic carbocycles. The molecule has 1 saturated heterocycles. The number of piperidine rings is 1. The van der Waals surface area contributed by atoms with E-state index in [0.29, 0.717) is 0 Å². The molecule has 3 nitrogen and oxygen atoms in total. The fourth-order valence-electron chi connectivity index (χ4n) is 1.59. The maximum atomic E-state index is 12.4. The first-order chi connectivity index (χ1) is 11.7. The number of carbonyl (C=O) groups excluding carboxylic acids is 1. The fourth-order valence-corrected chi connectivity index (χ4v) is 1.59. The molecular formula is C14H19NO2. The first-order valence-corrected chi connectivity index (χ1v) is 5.09. The van der Waals surface area contributed by atoms with E-state index in [1.165, 1.54) is 24.3 Å². The highest BCUT2D eigenvalue weighted by Crippen LogP contribution is 2.26. The molecule has 1 aliphatic heterocycles. The van der Waals surface area contributed by atoms with Crippen LogP contribution >= 0.6 is 0 Å². The SMILES string of the molecule is [2H]C1([2H])N[C@@]([2H])([C@@H](C(=O)OC)c2ccccc2)C([2H])([2H])C([2H])([2H])C1([2H])[2H]. The van der Waals surface area contributed by atoms with Crippen LogP contribution in [0.3, 0.4) is 0 Å². The van der Waals surface area contributed by atoms with Gasteiger partial charge in [-0.05, 0) is 24.8 Å². The summed E-state index contributed by atoms with van der Waals surface area (Å²) in [7, 11) is 1.02. The summed E-state index contributed by atoms with van der Waals surface area (Å²) in [6, 6.07) is 4.59. The lowest BCUT2D eigenvalue weighted by Gasteiger charge is -2.29. The van der Waals surface area contributed by atoms with E-state index in [9.17, 15) is 4.79 Å². The molecule has 1 aliphatic rings. The quantitative estimate of drug-likeness (QED) is 0.825. The van der Waals surface area contributed by atoms with E-state index in [1.807, 2.05) is 5.32 Å². The monoisotopic (exact) mass is 242 g/mol. The summed E-state index contributed by atoms with van der Waals surface area (Å²) in [4.78, 5) is 12.4. The molecule has 0 saturated carbocycles. The van der Waals surface area contributed by atoms with E-state index in [4.69, 9.17) is 12.3 Å². The molecule has 92 valence electrons.